The molecule has 146 valence electrons. The monoisotopic (exact) mass is 398 g/mol. The molecule has 0 aliphatic heterocycles. The van der Waals surface area contributed by atoms with Crippen LogP contribution < -0.4 is 10.1 Å². The third-order valence-electron chi connectivity index (χ3n) is 3.16. The number of halogens is 3. The number of carboxylic acids is 1. The van der Waals surface area contributed by atoms with Crippen LogP contribution in [0.25, 0.3) is 0 Å². The van der Waals surface area contributed by atoms with E-state index in [9.17, 15) is 31.2 Å². The highest BCUT2D eigenvalue weighted by molar-refractivity contribution is 7.89. The van der Waals surface area contributed by atoms with Gasteiger partial charge >= 0.3 is 12.3 Å². The maximum atomic E-state index is 12.8. The van der Waals surface area contributed by atoms with Crippen molar-refractivity contribution < 1.29 is 41.0 Å². The lowest BCUT2D eigenvalue weighted by atomic mass is 10.3. The van der Waals surface area contributed by atoms with Crippen LogP contribution in [0.2, 0.25) is 0 Å². The molecule has 1 amide bonds. The van der Waals surface area contributed by atoms with E-state index in [4.69, 9.17) is 5.11 Å². The SMILES string of the molecule is CC(=O)NCCN(C(C)C(=O)O)S(=O)(=O)c1ccccc1OC(F)(F)F. The lowest BCUT2D eigenvalue weighted by Gasteiger charge is -2.26. The zero-order chi connectivity index (χ0) is 20.1. The molecule has 0 radical (unpaired) electrons. The number of benzene rings is 1. The summed E-state index contributed by atoms with van der Waals surface area (Å²) in [6.07, 6.45) is -5.13. The molecule has 1 rings (SSSR count). The highest BCUT2D eigenvalue weighted by Crippen LogP contribution is 2.31. The second kappa shape index (κ2) is 8.36. The van der Waals surface area contributed by atoms with E-state index >= 15 is 0 Å². The second-order valence-electron chi connectivity index (χ2n) is 5.11. The van der Waals surface area contributed by atoms with Crippen molar-refractivity contribution >= 4 is 21.9 Å². The van der Waals surface area contributed by atoms with Crippen molar-refractivity contribution in [2.24, 2.45) is 0 Å². The zero-order valence-electron chi connectivity index (χ0n) is 13.8. The summed E-state index contributed by atoms with van der Waals surface area (Å²) in [7, 11) is -4.67. The molecule has 1 unspecified atom stereocenters. The van der Waals surface area contributed by atoms with E-state index in [1.807, 2.05) is 0 Å². The molecule has 0 heterocycles. The molecular weight excluding hydrogens is 381 g/mol. The molecule has 2 N–H and O–H groups in total. The number of aliphatic carboxylic acids is 1. The minimum Gasteiger partial charge on any atom is -0.480 e. The Balaban J connectivity index is 3.31. The van der Waals surface area contributed by atoms with E-state index in [0.717, 1.165) is 25.1 Å². The number of rotatable bonds is 8. The Bertz CT molecular complexity index is 766. The van der Waals surface area contributed by atoms with Crippen molar-refractivity contribution in [1.29, 1.82) is 0 Å². The number of carbonyl (C=O) groups excluding carboxylic acids is 1. The molecule has 0 aliphatic rings. The molecular formula is C14H17F3N2O6S. The smallest absolute Gasteiger partial charge is 0.480 e. The van der Waals surface area contributed by atoms with E-state index in [1.54, 1.807) is 0 Å². The summed E-state index contributed by atoms with van der Waals surface area (Å²) in [6.45, 7) is 1.54. The van der Waals surface area contributed by atoms with Gasteiger partial charge in [-0.15, -0.1) is 13.2 Å². The third-order valence-corrected chi connectivity index (χ3v) is 5.17. The summed E-state index contributed by atoms with van der Waals surface area (Å²) in [5, 5.41) is 11.4. The number of alkyl halides is 3. The van der Waals surface area contributed by atoms with Gasteiger partial charge in [0.25, 0.3) is 0 Å². The molecule has 0 aromatic heterocycles. The van der Waals surface area contributed by atoms with Crippen molar-refractivity contribution in [3.63, 3.8) is 0 Å². The fourth-order valence-corrected chi connectivity index (χ4v) is 3.69. The number of sulfonamides is 1. The van der Waals surface area contributed by atoms with Crippen LogP contribution in [0.5, 0.6) is 5.75 Å². The topological polar surface area (TPSA) is 113 Å². The third kappa shape index (κ3) is 5.88. The van der Waals surface area contributed by atoms with E-state index < -0.39 is 51.5 Å². The Kier molecular flexibility index (Phi) is 6.98. The predicted octanol–water partition coefficient (Wildman–Crippen LogP) is 1.19. The van der Waals surface area contributed by atoms with Crippen LogP contribution in [0.1, 0.15) is 13.8 Å². The fourth-order valence-electron chi connectivity index (χ4n) is 1.99. The fraction of sp³-hybridized carbons (Fsp3) is 0.429. The molecule has 0 spiro atoms. The Hall–Kier alpha value is -2.34. The highest BCUT2D eigenvalue weighted by Gasteiger charge is 2.38. The molecule has 0 saturated carbocycles. The van der Waals surface area contributed by atoms with Gasteiger partial charge < -0.3 is 15.2 Å². The van der Waals surface area contributed by atoms with Gasteiger partial charge in [-0.2, -0.15) is 4.31 Å². The second-order valence-corrected chi connectivity index (χ2v) is 6.97. The van der Waals surface area contributed by atoms with Gasteiger partial charge in [0.2, 0.25) is 15.9 Å². The van der Waals surface area contributed by atoms with Crippen molar-refractivity contribution in [3.8, 4) is 5.75 Å². The van der Waals surface area contributed by atoms with Crippen LogP contribution in [0, 0.1) is 0 Å². The van der Waals surface area contributed by atoms with Crippen molar-refractivity contribution in [2.45, 2.75) is 31.1 Å². The molecule has 0 bridgehead atoms. The Morgan fingerprint density at radius 3 is 2.38 bits per heavy atom. The minimum atomic E-state index is -5.13. The van der Waals surface area contributed by atoms with Crippen molar-refractivity contribution in [2.75, 3.05) is 13.1 Å². The maximum Gasteiger partial charge on any atom is 0.573 e. The predicted molar refractivity (Wildman–Crippen MR) is 82.8 cm³/mol. The number of ether oxygens (including phenoxy) is 1. The molecule has 12 heteroatoms. The van der Waals surface area contributed by atoms with Gasteiger partial charge in [-0.1, -0.05) is 12.1 Å². The number of hydrogen-bond acceptors (Lipinski definition) is 5. The first-order chi connectivity index (χ1) is 11.9. The summed E-state index contributed by atoms with van der Waals surface area (Å²) >= 11 is 0. The van der Waals surface area contributed by atoms with Gasteiger partial charge in [0.05, 0.1) is 0 Å². The molecule has 0 saturated heterocycles. The van der Waals surface area contributed by atoms with Crippen LogP contribution in [0.4, 0.5) is 13.2 Å². The van der Waals surface area contributed by atoms with Crippen LogP contribution in [-0.4, -0.2) is 55.2 Å². The first-order valence-electron chi connectivity index (χ1n) is 7.20. The number of nitrogens with one attached hydrogen (secondary N) is 1. The number of amides is 1. The summed E-state index contributed by atoms with van der Waals surface area (Å²) < 4.78 is 67.3. The van der Waals surface area contributed by atoms with Crippen LogP contribution in [0.3, 0.4) is 0 Å². The molecule has 1 atom stereocenters. The van der Waals surface area contributed by atoms with Crippen LogP contribution in [0.15, 0.2) is 29.2 Å². The summed E-state index contributed by atoms with van der Waals surface area (Å²) in [5.41, 5.74) is 0. The number of para-hydroxylation sites is 1. The van der Waals surface area contributed by atoms with Gasteiger partial charge in [0, 0.05) is 20.0 Å². The van der Waals surface area contributed by atoms with Crippen LogP contribution >= 0.6 is 0 Å². The standard InChI is InChI=1S/C14H17F3N2O6S/c1-9(13(21)22)19(8-7-18-10(2)20)26(23,24)12-6-4-3-5-11(12)25-14(15,16)17/h3-6,9H,7-8H2,1-2H3,(H,18,20)(H,21,22). The summed E-state index contributed by atoms with van der Waals surface area (Å²) in [6, 6.07) is 2.40. The first kappa shape index (κ1) is 21.7. The lowest BCUT2D eigenvalue weighted by Crippen LogP contribution is -2.46. The number of carboxylic acid groups (broad SMARTS) is 1. The minimum absolute atomic E-state index is 0.228. The normalized spacial score (nSPS) is 13.3. The molecule has 8 nitrogen and oxygen atoms in total. The molecule has 1 aromatic carbocycles. The van der Waals surface area contributed by atoms with Crippen molar-refractivity contribution in [3.05, 3.63) is 24.3 Å². The average molecular weight is 398 g/mol. The highest BCUT2D eigenvalue weighted by atomic mass is 32.2. The van der Waals surface area contributed by atoms with E-state index in [0.29, 0.717) is 4.31 Å². The summed E-state index contributed by atoms with van der Waals surface area (Å²) in [5.74, 6) is -2.97. The van der Waals surface area contributed by atoms with Crippen molar-refractivity contribution in [1.82, 2.24) is 9.62 Å². The summed E-state index contributed by atoms with van der Waals surface area (Å²) in [4.78, 5) is 21.3. The van der Waals surface area contributed by atoms with E-state index in [-0.39, 0.29) is 6.54 Å². The van der Waals surface area contributed by atoms with Crippen LogP contribution in [-0.2, 0) is 19.6 Å². The number of nitrogens with zero attached hydrogens (tertiary/aromatic N) is 1. The molecule has 0 aliphatic carbocycles. The maximum absolute atomic E-state index is 12.8. The van der Waals surface area contributed by atoms with Gasteiger partial charge in [0.1, 0.15) is 16.7 Å². The van der Waals surface area contributed by atoms with Gasteiger partial charge in [-0.3, -0.25) is 9.59 Å². The van der Waals surface area contributed by atoms with Gasteiger partial charge in [0.15, 0.2) is 0 Å². The van der Waals surface area contributed by atoms with E-state index in [1.165, 1.54) is 13.0 Å². The number of hydrogen-bond donors (Lipinski definition) is 2. The zero-order valence-corrected chi connectivity index (χ0v) is 14.6. The lowest BCUT2D eigenvalue weighted by molar-refractivity contribution is -0.275. The van der Waals surface area contributed by atoms with E-state index in [2.05, 4.69) is 10.1 Å². The Morgan fingerprint density at radius 2 is 1.88 bits per heavy atom. The average Bonchev–Trinajstić information content (AvgIpc) is 2.49. The quantitative estimate of drug-likeness (QED) is 0.680. The Labute approximate surface area is 147 Å². The molecule has 0 fully saturated rings. The largest absolute Gasteiger partial charge is 0.573 e. The molecule has 1 aromatic rings. The first-order valence-corrected chi connectivity index (χ1v) is 8.64. The Morgan fingerprint density at radius 1 is 1.31 bits per heavy atom. The number of carbonyl (C=O) groups is 2. The molecule has 26 heavy (non-hydrogen) atoms. The van der Waals surface area contributed by atoms with Gasteiger partial charge in [-0.05, 0) is 19.1 Å². The van der Waals surface area contributed by atoms with Gasteiger partial charge in [-0.25, -0.2) is 8.42 Å².